The minimum Gasteiger partial charge on any atom is -0.490 e. The number of pyridine rings is 2. The van der Waals surface area contributed by atoms with Gasteiger partial charge in [-0.3, -0.25) is 9.59 Å². The molecule has 36 heavy (non-hydrogen) atoms. The lowest BCUT2D eigenvalue weighted by atomic mass is 10.1. The van der Waals surface area contributed by atoms with E-state index in [4.69, 9.17) is 14.9 Å². The number of benzene rings is 2. The van der Waals surface area contributed by atoms with Gasteiger partial charge < -0.3 is 14.9 Å². The van der Waals surface area contributed by atoms with Crippen LogP contribution in [0.4, 0.5) is 0 Å². The van der Waals surface area contributed by atoms with E-state index in [1.54, 1.807) is 31.4 Å². The first-order valence-corrected chi connectivity index (χ1v) is 11.5. The summed E-state index contributed by atoms with van der Waals surface area (Å²) in [4.78, 5) is 23.2. The fourth-order valence-corrected chi connectivity index (χ4v) is 3.95. The molecule has 2 aromatic heterocycles. The Morgan fingerprint density at radius 3 is 1.64 bits per heavy atom. The number of ketones is 2. The van der Waals surface area contributed by atoms with Crippen molar-refractivity contribution < 1.29 is 33.7 Å². The van der Waals surface area contributed by atoms with Gasteiger partial charge in [0, 0.05) is 46.0 Å². The Bertz CT molecular complexity index is 1350. The van der Waals surface area contributed by atoms with Crippen molar-refractivity contribution in [2.24, 2.45) is 0 Å². The molecule has 0 spiro atoms. The van der Waals surface area contributed by atoms with Crippen LogP contribution in [-0.4, -0.2) is 42.1 Å². The van der Waals surface area contributed by atoms with Gasteiger partial charge >= 0.3 is 0 Å². The highest BCUT2D eigenvalue weighted by Gasteiger charge is 2.15. The lowest BCUT2D eigenvalue weighted by Gasteiger charge is -2.08. The highest BCUT2D eigenvalue weighted by atomic mass is 16.5. The van der Waals surface area contributed by atoms with Crippen LogP contribution in [0.15, 0.2) is 91.5 Å². The van der Waals surface area contributed by atoms with Crippen molar-refractivity contribution >= 4 is 11.6 Å². The minimum absolute atomic E-state index is 0.288. The second-order valence-corrected chi connectivity index (χ2v) is 8.41. The molecule has 0 radical (unpaired) electrons. The number of hydrogen-bond donors (Lipinski definition) is 2. The Morgan fingerprint density at radius 1 is 0.694 bits per heavy atom. The van der Waals surface area contributed by atoms with Crippen molar-refractivity contribution in [3.05, 3.63) is 114 Å². The molecule has 7 heteroatoms. The van der Waals surface area contributed by atoms with Crippen molar-refractivity contribution in [2.75, 3.05) is 20.3 Å². The van der Waals surface area contributed by atoms with E-state index in [-0.39, 0.29) is 11.6 Å². The third kappa shape index (κ3) is 5.89. The Kier molecular flexibility index (Phi) is 7.95. The van der Waals surface area contributed by atoms with Gasteiger partial charge in [-0.1, -0.05) is 48.5 Å². The third-order valence-corrected chi connectivity index (χ3v) is 5.97. The largest absolute Gasteiger partial charge is 0.490 e. The molecule has 182 valence electrons. The summed E-state index contributed by atoms with van der Waals surface area (Å²) >= 11 is 0. The molecule has 0 aliphatic rings. The van der Waals surface area contributed by atoms with E-state index in [9.17, 15) is 9.59 Å². The van der Waals surface area contributed by atoms with Crippen molar-refractivity contribution in [3.8, 4) is 16.9 Å². The number of hydrogen-bond acceptors (Lipinski definition) is 5. The zero-order valence-corrected chi connectivity index (χ0v) is 20.0. The van der Waals surface area contributed by atoms with Gasteiger partial charge in [-0.25, -0.2) is 4.57 Å². The van der Waals surface area contributed by atoms with Crippen molar-refractivity contribution in [1.29, 1.82) is 0 Å². The van der Waals surface area contributed by atoms with Gasteiger partial charge in [-0.2, -0.15) is 4.57 Å². The molecule has 0 unspecified atom stereocenters. The molecule has 2 aromatic carbocycles. The number of carbonyl (C=O) groups excluding carboxylic acids is 2. The number of aliphatic hydroxyl groups excluding tert-OH is 2. The highest BCUT2D eigenvalue weighted by molar-refractivity contribution is 5.97. The Morgan fingerprint density at radius 2 is 1.17 bits per heavy atom. The maximum absolute atomic E-state index is 11.6. The van der Waals surface area contributed by atoms with E-state index in [0.29, 0.717) is 24.2 Å². The van der Waals surface area contributed by atoms with Crippen molar-refractivity contribution in [2.45, 2.75) is 13.1 Å². The molecule has 0 amide bonds. The topological polar surface area (TPSA) is 91.6 Å². The monoisotopic (exact) mass is 484 g/mol. The van der Waals surface area contributed by atoms with Crippen LogP contribution in [0.2, 0.25) is 0 Å². The maximum atomic E-state index is 11.6. The van der Waals surface area contributed by atoms with Gasteiger partial charge in [0.15, 0.2) is 49.0 Å². The maximum Gasteiger partial charge on any atom is 0.212 e. The van der Waals surface area contributed by atoms with E-state index >= 15 is 0 Å². The lowest BCUT2D eigenvalue weighted by molar-refractivity contribution is -0.688. The summed E-state index contributed by atoms with van der Waals surface area (Å²) in [6.45, 7) is 0.288. The first kappa shape index (κ1) is 24.9. The molecule has 2 N–H and O–H groups in total. The standard InChI is InChI=1S/C29H28N2O5/c1-36-29-18-31(17-22-4-8-25(9-5-22)28(35)20-33)15-12-26(29)23-10-13-30(14-11-23)16-21-2-6-24(7-3-21)27(34)19-32/h2-15,18,32-33H,16-17,19-20H2,1H3/q+2. The van der Waals surface area contributed by atoms with Crippen LogP contribution < -0.4 is 13.9 Å². The summed E-state index contributed by atoms with van der Waals surface area (Å²) in [5.74, 6) is 0.160. The molecule has 0 fully saturated rings. The second-order valence-electron chi connectivity index (χ2n) is 8.41. The van der Waals surface area contributed by atoms with Gasteiger partial charge in [0.1, 0.15) is 13.2 Å². The smallest absolute Gasteiger partial charge is 0.212 e. The van der Waals surface area contributed by atoms with Crippen LogP contribution in [0, 0.1) is 0 Å². The predicted molar refractivity (Wildman–Crippen MR) is 133 cm³/mol. The number of aromatic nitrogens is 2. The summed E-state index contributed by atoms with van der Waals surface area (Å²) in [6, 6.07) is 20.5. The normalized spacial score (nSPS) is 10.8. The molecule has 0 aliphatic carbocycles. The molecule has 4 aromatic rings. The van der Waals surface area contributed by atoms with Crippen LogP contribution in [0.1, 0.15) is 31.8 Å². The molecule has 0 saturated carbocycles. The first-order valence-electron chi connectivity index (χ1n) is 11.5. The van der Waals surface area contributed by atoms with E-state index in [2.05, 4.69) is 0 Å². The van der Waals surface area contributed by atoms with Crippen molar-refractivity contribution in [3.63, 3.8) is 0 Å². The molecule has 0 atom stereocenters. The minimum atomic E-state index is -0.493. The van der Waals surface area contributed by atoms with E-state index in [1.165, 1.54) is 0 Å². The summed E-state index contributed by atoms with van der Waals surface area (Å²) < 4.78 is 9.73. The summed E-state index contributed by atoms with van der Waals surface area (Å²) in [7, 11) is 1.65. The fourth-order valence-electron chi connectivity index (χ4n) is 3.95. The van der Waals surface area contributed by atoms with Gasteiger partial charge in [-0.15, -0.1) is 0 Å². The summed E-state index contributed by atoms with van der Waals surface area (Å²) in [5, 5.41) is 18.0. The quantitative estimate of drug-likeness (QED) is 0.266. The zero-order chi connectivity index (χ0) is 25.5. The van der Waals surface area contributed by atoms with Crippen LogP contribution in [0.5, 0.6) is 5.75 Å². The SMILES string of the molecule is COc1c[n+](Cc2ccc(C(=O)CO)cc2)ccc1-c1cc[n+](Cc2ccc(C(=O)CO)cc2)cc1. The number of carbonyl (C=O) groups is 2. The van der Waals surface area contributed by atoms with E-state index in [0.717, 1.165) is 28.0 Å². The van der Waals surface area contributed by atoms with Crippen LogP contribution in [-0.2, 0) is 13.1 Å². The van der Waals surface area contributed by atoms with Gasteiger partial charge in [-0.05, 0) is 5.56 Å². The fraction of sp³-hybridized carbons (Fsp3) is 0.172. The average Bonchev–Trinajstić information content (AvgIpc) is 2.93. The molecule has 0 saturated heterocycles. The number of rotatable bonds is 10. The number of Topliss-reactive ketones (excluding diaryl/α,β-unsaturated/α-hetero) is 2. The molecule has 4 rings (SSSR count). The first-order chi connectivity index (χ1) is 17.5. The Hall–Kier alpha value is -4.20. The van der Waals surface area contributed by atoms with Crippen molar-refractivity contribution in [1.82, 2.24) is 0 Å². The zero-order valence-electron chi connectivity index (χ0n) is 20.0. The summed E-state index contributed by atoms with van der Waals surface area (Å²) in [6.07, 6.45) is 7.93. The van der Waals surface area contributed by atoms with Gasteiger partial charge in [0.2, 0.25) is 6.20 Å². The van der Waals surface area contributed by atoms with Crippen LogP contribution in [0.3, 0.4) is 0 Å². The Balaban J connectivity index is 1.46. The van der Waals surface area contributed by atoms with Gasteiger partial charge in [0.25, 0.3) is 0 Å². The molecular formula is C29H28N2O5+2. The highest BCUT2D eigenvalue weighted by Crippen LogP contribution is 2.27. The molecular weight excluding hydrogens is 456 g/mol. The number of ether oxygens (including phenoxy) is 1. The number of methoxy groups -OCH3 is 1. The molecule has 0 aliphatic heterocycles. The predicted octanol–water partition coefficient (Wildman–Crippen LogP) is 2.38. The number of nitrogens with zero attached hydrogens (tertiary/aromatic N) is 2. The third-order valence-electron chi connectivity index (χ3n) is 5.97. The van der Waals surface area contributed by atoms with Crippen LogP contribution >= 0.6 is 0 Å². The Labute approximate surface area is 209 Å². The van der Waals surface area contributed by atoms with Gasteiger partial charge in [0.05, 0.1) is 7.11 Å². The second kappa shape index (κ2) is 11.5. The molecule has 2 heterocycles. The average molecular weight is 485 g/mol. The van der Waals surface area contributed by atoms with Crippen LogP contribution in [0.25, 0.3) is 11.1 Å². The van der Waals surface area contributed by atoms with E-state index < -0.39 is 13.2 Å². The lowest BCUT2D eigenvalue weighted by Crippen LogP contribution is -2.34. The molecule has 0 bridgehead atoms. The summed E-state index contributed by atoms with van der Waals surface area (Å²) in [5.41, 5.74) is 5.06. The molecule has 7 nitrogen and oxygen atoms in total. The van der Waals surface area contributed by atoms with E-state index in [1.807, 2.05) is 76.4 Å². The number of aliphatic hydroxyl groups is 2.